The third-order valence-electron chi connectivity index (χ3n) is 3.04. The normalized spacial score (nSPS) is 12.2. The maximum absolute atomic E-state index is 13.3. The quantitative estimate of drug-likeness (QED) is 0.907. The third-order valence-corrected chi connectivity index (χ3v) is 3.35. The molecule has 2 aromatic rings. The van der Waals surface area contributed by atoms with Crippen molar-refractivity contribution in [3.05, 3.63) is 52.1 Å². The molecule has 2 N–H and O–H groups in total. The Labute approximate surface area is 126 Å². The molecular weight excluding hydrogens is 297 g/mol. The van der Waals surface area contributed by atoms with Crippen LogP contribution in [0.5, 0.6) is 0 Å². The first-order valence-electron chi connectivity index (χ1n) is 6.30. The molecular formula is C14H15ClFN3O2. The van der Waals surface area contributed by atoms with Gasteiger partial charge in [0, 0.05) is 19.8 Å². The first kappa shape index (κ1) is 15.5. The Morgan fingerprint density at radius 3 is 2.86 bits per heavy atom. The Morgan fingerprint density at radius 1 is 1.57 bits per heavy atom. The van der Waals surface area contributed by atoms with E-state index < -0.39 is 11.9 Å². The van der Waals surface area contributed by atoms with Crippen LogP contribution >= 0.6 is 11.6 Å². The largest absolute Gasteiger partial charge is 0.387 e. The van der Waals surface area contributed by atoms with Crippen molar-refractivity contribution < 1.29 is 14.3 Å². The number of nitrogens with zero attached hydrogens (tertiary/aromatic N) is 2. The Kier molecular flexibility index (Phi) is 4.59. The molecule has 1 unspecified atom stereocenters. The summed E-state index contributed by atoms with van der Waals surface area (Å²) < 4.78 is 14.9. The lowest BCUT2D eigenvalue weighted by atomic mass is 10.1. The number of halogens is 2. The van der Waals surface area contributed by atoms with Gasteiger partial charge in [-0.1, -0.05) is 17.7 Å². The predicted molar refractivity (Wildman–Crippen MR) is 76.6 cm³/mol. The molecule has 21 heavy (non-hydrogen) atoms. The number of rotatable bonds is 4. The number of carbonyl (C=O) groups is 1. The van der Waals surface area contributed by atoms with Crippen LogP contribution in [-0.2, 0) is 7.05 Å². The predicted octanol–water partition coefficient (Wildman–Crippen LogP) is 1.98. The Bertz CT molecular complexity index is 672. The Balaban J connectivity index is 2.00. The highest BCUT2D eigenvalue weighted by atomic mass is 35.5. The molecule has 0 fully saturated rings. The van der Waals surface area contributed by atoms with Crippen molar-refractivity contribution in [2.75, 3.05) is 6.54 Å². The van der Waals surface area contributed by atoms with Crippen LogP contribution in [0.4, 0.5) is 4.39 Å². The molecule has 0 saturated heterocycles. The van der Waals surface area contributed by atoms with Crippen molar-refractivity contribution in [1.29, 1.82) is 0 Å². The van der Waals surface area contributed by atoms with Gasteiger partial charge in [0.15, 0.2) is 0 Å². The van der Waals surface area contributed by atoms with Gasteiger partial charge >= 0.3 is 0 Å². The summed E-state index contributed by atoms with van der Waals surface area (Å²) in [4.78, 5) is 12.0. The zero-order valence-electron chi connectivity index (χ0n) is 11.6. The van der Waals surface area contributed by atoms with E-state index in [0.717, 1.165) is 6.07 Å². The number of amides is 1. The second kappa shape index (κ2) is 6.24. The second-order valence-corrected chi connectivity index (χ2v) is 5.11. The summed E-state index contributed by atoms with van der Waals surface area (Å²) in [5, 5.41) is 16.6. The van der Waals surface area contributed by atoms with Gasteiger partial charge in [-0.25, -0.2) is 4.39 Å². The van der Waals surface area contributed by atoms with E-state index in [1.54, 1.807) is 20.2 Å². The zero-order valence-corrected chi connectivity index (χ0v) is 12.4. The number of aromatic nitrogens is 2. The molecule has 2 rings (SSSR count). The highest BCUT2D eigenvalue weighted by Crippen LogP contribution is 2.20. The molecule has 0 saturated carbocycles. The maximum Gasteiger partial charge on any atom is 0.254 e. The van der Waals surface area contributed by atoms with E-state index in [1.807, 2.05) is 0 Å². The molecule has 0 aliphatic carbocycles. The molecule has 5 nitrogen and oxygen atoms in total. The third kappa shape index (κ3) is 3.59. The van der Waals surface area contributed by atoms with Crippen molar-refractivity contribution in [2.45, 2.75) is 13.0 Å². The molecule has 0 bridgehead atoms. The molecule has 7 heteroatoms. The van der Waals surface area contributed by atoms with Crippen LogP contribution in [-0.4, -0.2) is 27.3 Å². The summed E-state index contributed by atoms with van der Waals surface area (Å²) in [6.07, 6.45) is 0.580. The number of hydrogen-bond acceptors (Lipinski definition) is 3. The molecule has 1 heterocycles. The number of aliphatic hydroxyl groups is 1. The van der Waals surface area contributed by atoms with Crippen molar-refractivity contribution >= 4 is 17.5 Å². The van der Waals surface area contributed by atoms with Gasteiger partial charge < -0.3 is 10.4 Å². The fourth-order valence-electron chi connectivity index (χ4n) is 1.94. The highest BCUT2D eigenvalue weighted by molar-refractivity contribution is 6.30. The standard InChI is InChI=1S/C14H15ClFN3O2/c1-8-10(7-19(2)18-8)14(21)17-6-13(20)9-3-4-11(15)12(16)5-9/h3-5,7,13,20H,6H2,1-2H3,(H,17,21). The van der Waals surface area contributed by atoms with E-state index in [0.29, 0.717) is 16.8 Å². The van der Waals surface area contributed by atoms with Crippen molar-refractivity contribution in [1.82, 2.24) is 15.1 Å². The van der Waals surface area contributed by atoms with Gasteiger partial charge in [-0.15, -0.1) is 0 Å². The summed E-state index contributed by atoms with van der Waals surface area (Å²) in [5.41, 5.74) is 1.38. The van der Waals surface area contributed by atoms with Crippen LogP contribution < -0.4 is 5.32 Å². The van der Waals surface area contributed by atoms with Crippen LogP contribution in [0.1, 0.15) is 27.7 Å². The van der Waals surface area contributed by atoms with Crippen molar-refractivity contribution in [2.24, 2.45) is 7.05 Å². The molecule has 1 aromatic heterocycles. The maximum atomic E-state index is 13.3. The van der Waals surface area contributed by atoms with Crippen molar-refractivity contribution in [3.8, 4) is 0 Å². The van der Waals surface area contributed by atoms with Gasteiger partial charge in [-0.05, 0) is 24.6 Å². The number of aryl methyl sites for hydroxylation is 2. The minimum Gasteiger partial charge on any atom is -0.387 e. The average Bonchev–Trinajstić information content (AvgIpc) is 2.77. The van der Waals surface area contributed by atoms with Crippen LogP contribution in [0.25, 0.3) is 0 Å². The lowest BCUT2D eigenvalue weighted by Crippen LogP contribution is -2.28. The molecule has 0 radical (unpaired) electrons. The topological polar surface area (TPSA) is 67.2 Å². The lowest BCUT2D eigenvalue weighted by molar-refractivity contribution is 0.0915. The van der Waals surface area contributed by atoms with E-state index in [4.69, 9.17) is 11.6 Å². The van der Waals surface area contributed by atoms with Crippen LogP contribution in [0, 0.1) is 12.7 Å². The summed E-state index contributed by atoms with van der Waals surface area (Å²) in [5.74, 6) is -0.947. The number of carbonyl (C=O) groups excluding carboxylic acids is 1. The highest BCUT2D eigenvalue weighted by Gasteiger charge is 2.15. The first-order chi connectivity index (χ1) is 9.88. The minimum absolute atomic E-state index is 0.0130. The van der Waals surface area contributed by atoms with Gasteiger partial charge in [0.25, 0.3) is 5.91 Å². The average molecular weight is 312 g/mol. The first-order valence-corrected chi connectivity index (χ1v) is 6.67. The van der Waals surface area contributed by atoms with E-state index in [2.05, 4.69) is 10.4 Å². The summed E-state index contributed by atoms with van der Waals surface area (Å²) in [6, 6.07) is 4.02. The van der Waals surface area contributed by atoms with Gasteiger partial charge in [0.05, 0.1) is 22.4 Å². The van der Waals surface area contributed by atoms with Crippen molar-refractivity contribution in [3.63, 3.8) is 0 Å². The molecule has 112 valence electrons. The number of nitrogens with one attached hydrogen (secondary N) is 1. The van der Waals surface area contributed by atoms with E-state index in [-0.39, 0.29) is 17.5 Å². The SMILES string of the molecule is Cc1nn(C)cc1C(=O)NCC(O)c1ccc(Cl)c(F)c1. The molecule has 1 atom stereocenters. The number of aliphatic hydroxyl groups excluding tert-OH is 1. The van der Waals surface area contributed by atoms with Crippen LogP contribution in [0.15, 0.2) is 24.4 Å². The molecule has 1 aromatic carbocycles. The fraction of sp³-hybridized carbons (Fsp3) is 0.286. The second-order valence-electron chi connectivity index (χ2n) is 4.70. The minimum atomic E-state index is -1.02. The fourth-order valence-corrected chi connectivity index (χ4v) is 2.06. The van der Waals surface area contributed by atoms with Gasteiger partial charge in [-0.2, -0.15) is 5.10 Å². The van der Waals surface area contributed by atoms with Crippen LogP contribution in [0.3, 0.4) is 0 Å². The van der Waals surface area contributed by atoms with Gasteiger partial charge in [0.2, 0.25) is 0 Å². The summed E-state index contributed by atoms with van der Waals surface area (Å²) in [7, 11) is 1.72. The Hall–Kier alpha value is -1.92. The lowest BCUT2D eigenvalue weighted by Gasteiger charge is -2.12. The van der Waals surface area contributed by atoms with E-state index in [1.165, 1.54) is 16.8 Å². The van der Waals surface area contributed by atoms with E-state index >= 15 is 0 Å². The van der Waals surface area contributed by atoms with Gasteiger partial charge in [-0.3, -0.25) is 9.48 Å². The summed E-state index contributed by atoms with van der Waals surface area (Å²) >= 11 is 5.58. The summed E-state index contributed by atoms with van der Waals surface area (Å²) in [6.45, 7) is 1.69. The number of benzene rings is 1. The Morgan fingerprint density at radius 2 is 2.29 bits per heavy atom. The van der Waals surface area contributed by atoms with E-state index in [9.17, 15) is 14.3 Å². The molecule has 1 amide bonds. The monoisotopic (exact) mass is 311 g/mol. The van der Waals surface area contributed by atoms with Crippen LogP contribution in [0.2, 0.25) is 5.02 Å². The molecule has 0 aliphatic heterocycles. The smallest absolute Gasteiger partial charge is 0.254 e. The number of hydrogen-bond donors (Lipinski definition) is 2. The zero-order chi connectivity index (χ0) is 15.6. The molecule has 0 aliphatic rings. The molecule has 0 spiro atoms. The van der Waals surface area contributed by atoms with Gasteiger partial charge in [0.1, 0.15) is 5.82 Å².